The molecule has 3 amide bonds. The zero-order valence-corrected chi connectivity index (χ0v) is 10.6. The zero-order valence-electron chi connectivity index (χ0n) is 10.6. The van der Waals surface area contributed by atoms with Gasteiger partial charge in [0.25, 0.3) is 5.91 Å². The number of imide groups is 1. The van der Waals surface area contributed by atoms with Gasteiger partial charge in [0.2, 0.25) is 0 Å². The Labute approximate surface area is 118 Å². The summed E-state index contributed by atoms with van der Waals surface area (Å²) in [6, 6.07) is 4.19. The molecule has 110 valence electrons. The molecule has 21 heavy (non-hydrogen) atoms. The summed E-state index contributed by atoms with van der Waals surface area (Å²) in [4.78, 5) is 32.8. The molecule has 0 heterocycles. The van der Waals surface area contributed by atoms with Crippen molar-refractivity contribution in [1.29, 1.82) is 5.26 Å². The number of hydrogen-bond donors (Lipinski definition) is 3. The van der Waals surface area contributed by atoms with Crippen molar-refractivity contribution in [2.45, 2.75) is 0 Å². The molecule has 1 rings (SSSR count). The fraction of sp³-hybridized carbons (Fsp3) is 0.167. The maximum atomic E-state index is 13.3. The quantitative estimate of drug-likeness (QED) is 0.723. The molecule has 0 saturated heterocycles. The molecule has 0 atom stereocenters. The fourth-order valence-corrected chi connectivity index (χ4v) is 1.29. The van der Waals surface area contributed by atoms with Gasteiger partial charge >= 0.3 is 12.0 Å². The molecular formula is C12H10FN3O5. The molecular weight excluding hydrogens is 285 g/mol. The Morgan fingerprint density at radius 3 is 2.67 bits per heavy atom. The molecule has 0 aliphatic rings. The van der Waals surface area contributed by atoms with E-state index in [1.165, 1.54) is 12.1 Å². The van der Waals surface area contributed by atoms with Crippen LogP contribution in [-0.2, 0) is 14.3 Å². The number of carbonyl (C=O) groups excluding carboxylic acids is 2. The summed E-state index contributed by atoms with van der Waals surface area (Å²) in [6.07, 6.45) is 0. The number of amides is 3. The second kappa shape index (κ2) is 7.56. The number of halogens is 1. The van der Waals surface area contributed by atoms with Crippen molar-refractivity contribution in [1.82, 2.24) is 5.32 Å². The van der Waals surface area contributed by atoms with Crippen molar-refractivity contribution < 1.29 is 28.6 Å². The van der Waals surface area contributed by atoms with Crippen molar-refractivity contribution in [2.75, 3.05) is 18.5 Å². The second-order valence-corrected chi connectivity index (χ2v) is 3.66. The molecule has 0 aromatic heterocycles. The van der Waals surface area contributed by atoms with Gasteiger partial charge in [0.05, 0.1) is 5.69 Å². The fourth-order valence-electron chi connectivity index (χ4n) is 1.29. The third-order valence-electron chi connectivity index (χ3n) is 2.09. The van der Waals surface area contributed by atoms with Crippen LogP contribution in [-0.4, -0.2) is 36.2 Å². The summed E-state index contributed by atoms with van der Waals surface area (Å²) in [6.45, 7) is -1.31. The van der Waals surface area contributed by atoms with E-state index in [4.69, 9.17) is 10.4 Å². The molecule has 1 aromatic rings. The summed E-state index contributed by atoms with van der Waals surface area (Å²) in [5, 5.41) is 21.0. The van der Waals surface area contributed by atoms with Crippen LogP contribution in [0.15, 0.2) is 18.2 Å². The highest BCUT2D eigenvalue weighted by atomic mass is 19.1. The van der Waals surface area contributed by atoms with Crippen molar-refractivity contribution in [3.63, 3.8) is 0 Å². The van der Waals surface area contributed by atoms with Crippen LogP contribution in [0.25, 0.3) is 0 Å². The number of carboxylic acid groups (broad SMARTS) is 1. The second-order valence-electron chi connectivity index (χ2n) is 3.66. The minimum Gasteiger partial charge on any atom is -0.480 e. The lowest BCUT2D eigenvalue weighted by atomic mass is 10.2. The maximum Gasteiger partial charge on any atom is 0.329 e. The Morgan fingerprint density at radius 2 is 2.05 bits per heavy atom. The van der Waals surface area contributed by atoms with Crippen LogP contribution < -0.4 is 10.6 Å². The van der Waals surface area contributed by atoms with Crippen LogP contribution in [0.3, 0.4) is 0 Å². The maximum absolute atomic E-state index is 13.3. The summed E-state index contributed by atoms with van der Waals surface area (Å²) >= 11 is 0. The molecule has 0 bridgehead atoms. The van der Waals surface area contributed by atoms with Crippen molar-refractivity contribution in [2.24, 2.45) is 0 Å². The number of aliphatic carboxylic acids is 1. The number of rotatable bonds is 5. The van der Waals surface area contributed by atoms with E-state index in [0.717, 1.165) is 6.07 Å². The Bertz CT molecular complexity index is 611. The number of urea groups is 1. The number of nitriles is 1. The molecule has 0 aliphatic heterocycles. The van der Waals surface area contributed by atoms with Gasteiger partial charge < -0.3 is 15.2 Å². The Hall–Kier alpha value is -2.99. The van der Waals surface area contributed by atoms with Gasteiger partial charge in [0, 0.05) is 0 Å². The van der Waals surface area contributed by atoms with Gasteiger partial charge in [-0.3, -0.25) is 10.1 Å². The van der Waals surface area contributed by atoms with Crippen LogP contribution in [0.1, 0.15) is 5.56 Å². The van der Waals surface area contributed by atoms with Crippen LogP contribution in [0.5, 0.6) is 0 Å². The highest BCUT2D eigenvalue weighted by molar-refractivity contribution is 6.02. The van der Waals surface area contributed by atoms with E-state index in [2.05, 4.69) is 10.1 Å². The third-order valence-corrected chi connectivity index (χ3v) is 2.09. The lowest BCUT2D eigenvalue weighted by molar-refractivity contribution is -0.143. The standard InChI is InChI=1S/C12H10FN3O5/c13-8-2-1-3-9(7(8)4-14)15-12(20)16-10(17)5-21-6-11(18)19/h1-3H,5-6H2,(H,18,19)(H2,15,16,17,20). The smallest absolute Gasteiger partial charge is 0.329 e. The van der Waals surface area contributed by atoms with E-state index in [0.29, 0.717) is 0 Å². The number of benzene rings is 1. The van der Waals surface area contributed by atoms with Gasteiger partial charge in [-0.1, -0.05) is 6.07 Å². The molecule has 0 spiro atoms. The predicted octanol–water partition coefficient (Wildman–Crippen LogP) is 0.447. The third kappa shape index (κ3) is 5.25. The van der Waals surface area contributed by atoms with Crippen molar-refractivity contribution in [3.05, 3.63) is 29.6 Å². The first-order chi connectivity index (χ1) is 9.93. The highest BCUT2D eigenvalue weighted by Crippen LogP contribution is 2.17. The number of ether oxygens (including phenoxy) is 1. The average Bonchev–Trinajstić information content (AvgIpc) is 2.38. The van der Waals surface area contributed by atoms with E-state index >= 15 is 0 Å². The number of carbonyl (C=O) groups is 3. The van der Waals surface area contributed by atoms with Crippen LogP contribution in [0.4, 0.5) is 14.9 Å². The van der Waals surface area contributed by atoms with Gasteiger partial charge in [-0.25, -0.2) is 14.0 Å². The van der Waals surface area contributed by atoms with Crippen LogP contribution in [0.2, 0.25) is 0 Å². The van der Waals surface area contributed by atoms with E-state index in [9.17, 15) is 18.8 Å². The first-order valence-corrected chi connectivity index (χ1v) is 5.53. The molecule has 0 saturated carbocycles. The zero-order chi connectivity index (χ0) is 15.8. The number of nitrogens with zero attached hydrogens (tertiary/aromatic N) is 1. The molecule has 0 fully saturated rings. The van der Waals surface area contributed by atoms with Gasteiger partial charge in [-0.2, -0.15) is 5.26 Å². The summed E-state index contributed by atoms with van der Waals surface area (Å²) < 4.78 is 17.7. The van der Waals surface area contributed by atoms with Crippen molar-refractivity contribution in [3.8, 4) is 6.07 Å². The lowest BCUT2D eigenvalue weighted by Crippen LogP contribution is -2.37. The van der Waals surface area contributed by atoms with Gasteiger partial charge in [0.15, 0.2) is 0 Å². The molecule has 8 nitrogen and oxygen atoms in total. The van der Waals surface area contributed by atoms with Crippen molar-refractivity contribution >= 4 is 23.6 Å². The Kier molecular flexibility index (Phi) is 5.79. The monoisotopic (exact) mass is 295 g/mol. The molecule has 0 radical (unpaired) electrons. The molecule has 9 heteroatoms. The average molecular weight is 295 g/mol. The highest BCUT2D eigenvalue weighted by Gasteiger charge is 2.13. The Balaban J connectivity index is 2.55. The number of anilines is 1. The number of hydrogen-bond acceptors (Lipinski definition) is 5. The topological polar surface area (TPSA) is 129 Å². The van der Waals surface area contributed by atoms with Crippen LogP contribution >= 0.6 is 0 Å². The number of nitrogens with one attached hydrogen (secondary N) is 2. The summed E-state index contributed by atoms with van der Waals surface area (Å²) in [5.41, 5.74) is -0.475. The summed E-state index contributed by atoms with van der Waals surface area (Å²) in [7, 11) is 0. The molecule has 1 aromatic carbocycles. The Morgan fingerprint density at radius 1 is 1.33 bits per heavy atom. The molecule has 3 N–H and O–H groups in total. The van der Waals surface area contributed by atoms with E-state index in [1.807, 2.05) is 5.32 Å². The molecule has 0 aliphatic carbocycles. The first kappa shape index (κ1) is 16.1. The van der Waals surface area contributed by atoms with Crippen LogP contribution in [0, 0.1) is 17.1 Å². The minimum atomic E-state index is -1.26. The van der Waals surface area contributed by atoms with Gasteiger partial charge in [-0.05, 0) is 12.1 Å². The van der Waals surface area contributed by atoms with Gasteiger partial charge in [0.1, 0.15) is 30.7 Å². The lowest BCUT2D eigenvalue weighted by Gasteiger charge is -2.08. The number of carboxylic acids is 1. The molecule has 0 unspecified atom stereocenters. The summed E-state index contributed by atoms with van der Waals surface area (Å²) in [5.74, 6) is -2.96. The predicted molar refractivity (Wildman–Crippen MR) is 66.7 cm³/mol. The van der Waals surface area contributed by atoms with E-state index in [1.54, 1.807) is 6.07 Å². The van der Waals surface area contributed by atoms with E-state index in [-0.39, 0.29) is 11.3 Å². The van der Waals surface area contributed by atoms with Gasteiger partial charge in [-0.15, -0.1) is 0 Å². The van der Waals surface area contributed by atoms with E-state index < -0.39 is 36.9 Å². The SMILES string of the molecule is N#Cc1c(F)cccc1NC(=O)NC(=O)COCC(=O)O. The first-order valence-electron chi connectivity index (χ1n) is 5.53. The largest absolute Gasteiger partial charge is 0.480 e. The normalized spacial score (nSPS) is 9.52. The minimum absolute atomic E-state index is 0.103.